The molecular weight excluding hydrogens is 120 g/mol. The molecule has 0 aliphatic rings. The molecule has 0 rings (SSSR count). The van der Waals surface area contributed by atoms with Crippen molar-refractivity contribution in [3.8, 4) is 0 Å². The SMILES string of the molecule is [CH2]CCCC([CH2])(CC)CC. The zero-order valence-electron chi connectivity index (χ0n) is 7.45. The summed E-state index contributed by atoms with van der Waals surface area (Å²) in [5.41, 5.74) is 0.345. The maximum atomic E-state index is 4.22. The van der Waals surface area contributed by atoms with E-state index in [0.717, 1.165) is 6.42 Å². The zero-order chi connectivity index (χ0) is 8.04. The summed E-state index contributed by atoms with van der Waals surface area (Å²) < 4.78 is 0. The van der Waals surface area contributed by atoms with E-state index in [1.165, 1.54) is 25.7 Å². The average Bonchev–Trinajstić information content (AvgIpc) is 2.00. The molecule has 0 amide bonds. The zero-order valence-corrected chi connectivity index (χ0v) is 7.45. The van der Waals surface area contributed by atoms with E-state index in [1.54, 1.807) is 0 Å². The predicted molar refractivity (Wildman–Crippen MR) is 47.6 cm³/mol. The lowest BCUT2D eigenvalue weighted by Gasteiger charge is -2.25. The molecule has 0 heterocycles. The van der Waals surface area contributed by atoms with E-state index in [4.69, 9.17) is 0 Å². The van der Waals surface area contributed by atoms with Gasteiger partial charge in [0.15, 0.2) is 0 Å². The van der Waals surface area contributed by atoms with Gasteiger partial charge in [-0.15, -0.1) is 0 Å². The fourth-order valence-electron chi connectivity index (χ4n) is 1.10. The first-order chi connectivity index (χ1) is 4.68. The van der Waals surface area contributed by atoms with Gasteiger partial charge in [-0.3, -0.25) is 0 Å². The Morgan fingerprint density at radius 1 is 1.20 bits per heavy atom. The van der Waals surface area contributed by atoms with Crippen LogP contribution in [0.2, 0.25) is 0 Å². The summed E-state index contributed by atoms with van der Waals surface area (Å²) >= 11 is 0. The summed E-state index contributed by atoms with van der Waals surface area (Å²) in [6.07, 6.45) is 5.92. The normalized spacial score (nSPS) is 12.0. The highest BCUT2D eigenvalue weighted by atomic mass is 14.2. The highest BCUT2D eigenvalue weighted by Gasteiger charge is 2.17. The quantitative estimate of drug-likeness (QED) is 0.547. The third kappa shape index (κ3) is 3.24. The van der Waals surface area contributed by atoms with Crippen molar-refractivity contribution in [2.24, 2.45) is 5.41 Å². The second kappa shape index (κ2) is 4.76. The molecule has 0 unspecified atom stereocenters. The van der Waals surface area contributed by atoms with Crippen LogP contribution >= 0.6 is 0 Å². The number of hydrogen-bond acceptors (Lipinski definition) is 0. The Labute approximate surface area is 66.0 Å². The van der Waals surface area contributed by atoms with Gasteiger partial charge in [0.1, 0.15) is 0 Å². The molecule has 0 bridgehead atoms. The first-order valence-electron chi connectivity index (χ1n) is 4.33. The summed E-state index contributed by atoms with van der Waals surface area (Å²) in [4.78, 5) is 0. The molecule has 60 valence electrons. The molecule has 0 aliphatic heterocycles. The second-order valence-corrected chi connectivity index (χ2v) is 3.16. The van der Waals surface area contributed by atoms with Crippen LogP contribution in [0.4, 0.5) is 0 Å². The van der Waals surface area contributed by atoms with Crippen LogP contribution in [0.25, 0.3) is 0 Å². The van der Waals surface area contributed by atoms with Crippen molar-refractivity contribution in [3.63, 3.8) is 0 Å². The third-order valence-electron chi connectivity index (χ3n) is 2.46. The molecule has 0 N–H and O–H groups in total. The van der Waals surface area contributed by atoms with Gasteiger partial charge in [-0.2, -0.15) is 0 Å². The molecule has 0 aromatic rings. The molecule has 0 saturated carbocycles. The van der Waals surface area contributed by atoms with Gasteiger partial charge in [0, 0.05) is 0 Å². The van der Waals surface area contributed by atoms with Gasteiger partial charge in [0.05, 0.1) is 0 Å². The fraction of sp³-hybridized carbons (Fsp3) is 0.800. The summed E-state index contributed by atoms with van der Waals surface area (Å²) in [6, 6.07) is 0. The van der Waals surface area contributed by atoms with Gasteiger partial charge in [-0.05, 0) is 18.8 Å². The van der Waals surface area contributed by atoms with Gasteiger partial charge >= 0.3 is 0 Å². The van der Waals surface area contributed by atoms with E-state index in [0.29, 0.717) is 5.41 Å². The Bertz CT molecular complexity index is 70.1. The average molecular weight is 140 g/mol. The van der Waals surface area contributed by atoms with E-state index < -0.39 is 0 Å². The molecule has 10 heavy (non-hydrogen) atoms. The minimum absolute atomic E-state index is 0.345. The fourth-order valence-corrected chi connectivity index (χ4v) is 1.10. The van der Waals surface area contributed by atoms with Crippen LogP contribution in [0.3, 0.4) is 0 Å². The lowest BCUT2D eigenvalue weighted by atomic mass is 9.80. The van der Waals surface area contributed by atoms with Gasteiger partial charge in [0.2, 0.25) is 0 Å². The Kier molecular flexibility index (Phi) is 4.76. The van der Waals surface area contributed by atoms with E-state index in [1.807, 2.05) is 0 Å². The van der Waals surface area contributed by atoms with Crippen LogP contribution in [0, 0.1) is 19.3 Å². The molecule has 2 radical (unpaired) electrons. The maximum Gasteiger partial charge on any atom is -0.0302 e. The maximum absolute atomic E-state index is 4.22. The molecule has 0 heteroatoms. The Morgan fingerprint density at radius 2 is 1.70 bits per heavy atom. The molecule has 0 spiro atoms. The van der Waals surface area contributed by atoms with Crippen LogP contribution < -0.4 is 0 Å². The molecule has 0 atom stereocenters. The molecule has 0 aromatic carbocycles. The van der Waals surface area contributed by atoms with Crippen molar-refractivity contribution < 1.29 is 0 Å². The minimum Gasteiger partial charge on any atom is -0.0649 e. The standard InChI is InChI=1S/C10H20/c1-5-8-9-10(4,6-2)7-3/h1,4-9H2,2-3H3. The highest BCUT2D eigenvalue weighted by molar-refractivity contribution is 4.78. The van der Waals surface area contributed by atoms with Crippen molar-refractivity contribution in [3.05, 3.63) is 13.8 Å². The molecule has 0 fully saturated rings. The van der Waals surface area contributed by atoms with Crippen LogP contribution in [0.5, 0.6) is 0 Å². The van der Waals surface area contributed by atoms with Crippen molar-refractivity contribution in [2.75, 3.05) is 0 Å². The van der Waals surface area contributed by atoms with Crippen molar-refractivity contribution in [1.29, 1.82) is 0 Å². The summed E-state index contributed by atoms with van der Waals surface area (Å²) in [5.74, 6) is 0. The van der Waals surface area contributed by atoms with E-state index >= 15 is 0 Å². The van der Waals surface area contributed by atoms with Gasteiger partial charge in [-0.1, -0.05) is 46.5 Å². The van der Waals surface area contributed by atoms with Crippen LogP contribution in [0.15, 0.2) is 0 Å². The first-order valence-corrected chi connectivity index (χ1v) is 4.33. The second-order valence-electron chi connectivity index (χ2n) is 3.16. The molecule has 0 aromatic heterocycles. The summed E-state index contributed by atoms with van der Waals surface area (Å²) in [6.45, 7) is 12.5. The molecule has 0 aliphatic carbocycles. The number of unbranched alkanes of at least 4 members (excludes halogenated alkanes) is 1. The Balaban J connectivity index is 3.58. The van der Waals surface area contributed by atoms with Crippen LogP contribution in [-0.4, -0.2) is 0 Å². The topological polar surface area (TPSA) is 0 Å². The smallest absolute Gasteiger partial charge is 0.0302 e. The van der Waals surface area contributed by atoms with E-state index in [2.05, 4.69) is 27.7 Å². The number of hydrogen-bond donors (Lipinski definition) is 0. The van der Waals surface area contributed by atoms with Crippen LogP contribution in [-0.2, 0) is 0 Å². The Hall–Kier alpha value is 0. The molecule has 0 saturated heterocycles. The minimum atomic E-state index is 0.345. The molecular formula is C10H20. The summed E-state index contributed by atoms with van der Waals surface area (Å²) in [5, 5.41) is 0. The van der Waals surface area contributed by atoms with E-state index in [-0.39, 0.29) is 0 Å². The lowest BCUT2D eigenvalue weighted by molar-refractivity contribution is 0.312. The largest absolute Gasteiger partial charge is 0.0649 e. The van der Waals surface area contributed by atoms with E-state index in [9.17, 15) is 0 Å². The van der Waals surface area contributed by atoms with Gasteiger partial charge in [0.25, 0.3) is 0 Å². The summed E-state index contributed by atoms with van der Waals surface area (Å²) in [7, 11) is 0. The highest BCUT2D eigenvalue weighted by Crippen LogP contribution is 2.30. The van der Waals surface area contributed by atoms with Crippen molar-refractivity contribution in [2.45, 2.75) is 46.0 Å². The van der Waals surface area contributed by atoms with Crippen LogP contribution in [0.1, 0.15) is 46.0 Å². The van der Waals surface area contributed by atoms with Crippen molar-refractivity contribution >= 4 is 0 Å². The monoisotopic (exact) mass is 140 g/mol. The Morgan fingerprint density at radius 3 is 2.00 bits per heavy atom. The lowest BCUT2D eigenvalue weighted by Crippen LogP contribution is -2.13. The first kappa shape index (κ1) is 10.0. The molecule has 0 nitrogen and oxygen atoms in total. The third-order valence-corrected chi connectivity index (χ3v) is 2.46. The van der Waals surface area contributed by atoms with Gasteiger partial charge in [-0.25, -0.2) is 0 Å². The van der Waals surface area contributed by atoms with Gasteiger partial charge < -0.3 is 0 Å². The van der Waals surface area contributed by atoms with Crippen molar-refractivity contribution in [1.82, 2.24) is 0 Å². The predicted octanol–water partition coefficient (Wildman–Crippen LogP) is 3.63. The number of rotatable bonds is 5.